The molecule has 1 saturated heterocycles. The number of Topliss-reactive ketones (excluding diaryl/α,β-unsaturated/α-hetero) is 1. The van der Waals surface area contributed by atoms with Gasteiger partial charge >= 0.3 is 0 Å². The zero-order chi connectivity index (χ0) is 15.4. The van der Waals surface area contributed by atoms with Crippen LogP contribution in [-0.4, -0.2) is 42.3 Å². The second-order valence-corrected chi connectivity index (χ2v) is 5.19. The molecule has 1 atom stereocenters. The van der Waals surface area contributed by atoms with Crippen LogP contribution >= 0.6 is 0 Å². The number of piperazine rings is 1. The van der Waals surface area contributed by atoms with Crippen molar-refractivity contribution in [3.05, 3.63) is 35.4 Å². The van der Waals surface area contributed by atoms with E-state index in [0.29, 0.717) is 6.54 Å². The molecule has 6 heteroatoms. The molecule has 1 fully saturated rings. The van der Waals surface area contributed by atoms with Crippen molar-refractivity contribution in [3.8, 4) is 0 Å². The maximum Gasteiger partial charge on any atom is 0.223 e. The minimum absolute atomic E-state index is 0.000550. The highest BCUT2D eigenvalue weighted by molar-refractivity contribution is 5.98. The number of carbonyl (C=O) groups is 2. The Labute approximate surface area is 122 Å². The van der Waals surface area contributed by atoms with E-state index in [-0.39, 0.29) is 36.1 Å². The number of carbonyl (C=O) groups excluding carboxylic acids is 2. The lowest BCUT2D eigenvalue weighted by atomic mass is 10.1. The lowest BCUT2D eigenvalue weighted by Crippen LogP contribution is -2.52. The lowest BCUT2D eigenvalue weighted by Gasteiger charge is -2.34. The molecule has 4 nitrogen and oxygen atoms in total. The van der Waals surface area contributed by atoms with Crippen molar-refractivity contribution in [1.82, 2.24) is 10.2 Å². The number of nitrogens with zero attached hydrogens (tertiary/aromatic N) is 1. The first kappa shape index (κ1) is 15.6. The first-order valence-corrected chi connectivity index (χ1v) is 6.97. The van der Waals surface area contributed by atoms with E-state index in [2.05, 4.69) is 5.32 Å². The van der Waals surface area contributed by atoms with E-state index in [1.807, 2.05) is 6.92 Å². The van der Waals surface area contributed by atoms with E-state index in [0.717, 1.165) is 25.2 Å². The summed E-state index contributed by atoms with van der Waals surface area (Å²) in [4.78, 5) is 25.7. The first-order chi connectivity index (χ1) is 9.99. The van der Waals surface area contributed by atoms with Gasteiger partial charge in [-0.1, -0.05) is 0 Å². The Hall–Kier alpha value is -1.82. The van der Waals surface area contributed by atoms with Crippen molar-refractivity contribution in [2.45, 2.75) is 25.8 Å². The molecule has 1 amide bonds. The molecule has 0 saturated carbocycles. The summed E-state index contributed by atoms with van der Waals surface area (Å²) >= 11 is 0. The molecule has 0 aromatic heterocycles. The normalized spacial score (nSPS) is 18.6. The molecule has 0 spiro atoms. The first-order valence-electron chi connectivity index (χ1n) is 6.97. The SMILES string of the molecule is C[C@H]1CNCCN1C(=O)CCC(=O)c1ccc(F)c(F)c1. The molecule has 1 N–H and O–H groups in total. The van der Waals surface area contributed by atoms with Gasteiger partial charge in [0.25, 0.3) is 0 Å². The van der Waals surface area contributed by atoms with Crippen LogP contribution < -0.4 is 5.32 Å². The summed E-state index contributed by atoms with van der Waals surface area (Å²) in [5.41, 5.74) is 0.0926. The molecule has 0 radical (unpaired) electrons. The molecular formula is C15H18F2N2O2. The van der Waals surface area contributed by atoms with Gasteiger partial charge in [-0.05, 0) is 25.1 Å². The van der Waals surface area contributed by atoms with Crippen LogP contribution in [-0.2, 0) is 4.79 Å². The second-order valence-electron chi connectivity index (χ2n) is 5.19. The summed E-state index contributed by atoms with van der Waals surface area (Å²) in [6.07, 6.45) is 0.0860. The second kappa shape index (κ2) is 6.76. The van der Waals surface area contributed by atoms with E-state index >= 15 is 0 Å². The summed E-state index contributed by atoms with van der Waals surface area (Å²) < 4.78 is 25.9. The standard InChI is InChI=1S/C15H18F2N2O2/c1-10-9-18-6-7-19(10)15(21)5-4-14(20)11-2-3-12(16)13(17)8-11/h2-3,8,10,18H,4-7,9H2,1H3/t10-/m0/s1. The smallest absolute Gasteiger partial charge is 0.223 e. The van der Waals surface area contributed by atoms with Crippen molar-refractivity contribution in [2.75, 3.05) is 19.6 Å². The summed E-state index contributed by atoms with van der Waals surface area (Å²) in [6.45, 7) is 4.05. The average molecular weight is 296 g/mol. The van der Waals surface area contributed by atoms with Gasteiger partial charge in [0.1, 0.15) is 0 Å². The van der Waals surface area contributed by atoms with Crippen LogP contribution in [0, 0.1) is 11.6 Å². The Morgan fingerprint density at radius 2 is 2.05 bits per heavy atom. The fraction of sp³-hybridized carbons (Fsp3) is 0.467. The molecule has 114 valence electrons. The van der Waals surface area contributed by atoms with Crippen LogP contribution in [0.25, 0.3) is 0 Å². The molecule has 0 unspecified atom stereocenters. The van der Waals surface area contributed by atoms with Crippen LogP contribution in [0.15, 0.2) is 18.2 Å². The highest BCUT2D eigenvalue weighted by Crippen LogP contribution is 2.13. The average Bonchev–Trinajstić information content (AvgIpc) is 2.47. The summed E-state index contributed by atoms with van der Waals surface area (Å²) in [5.74, 6) is -2.48. The van der Waals surface area contributed by atoms with Gasteiger partial charge in [-0.2, -0.15) is 0 Å². The molecule has 0 bridgehead atoms. The third kappa shape index (κ3) is 3.85. The highest BCUT2D eigenvalue weighted by Gasteiger charge is 2.23. The Morgan fingerprint density at radius 3 is 2.71 bits per heavy atom. The fourth-order valence-corrected chi connectivity index (χ4v) is 2.39. The van der Waals surface area contributed by atoms with Crippen LogP contribution in [0.2, 0.25) is 0 Å². The van der Waals surface area contributed by atoms with Crippen LogP contribution in [0.3, 0.4) is 0 Å². The van der Waals surface area contributed by atoms with Gasteiger partial charge in [0.2, 0.25) is 5.91 Å². The minimum atomic E-state index is -1.05. The van der Waals surface area contributed by atoms with Gasteiger partial charge in [-0.25, -0.2) is 8.78 Å². The summed E-state index contributed by atoms with van der Waals surface area (Å²) in [6, 6.07) is 3.13. The van der Waals surface area contributed by atoms with E-state index in [9.17, 15) is 18.4 Å². The van der Waals surface area contributed by atoms with Gasteiger partial charge in [-0.15, -0.1) is 0 Å². The largest absolute Gasteiger partial charge is 0.337 e. The molecular weight excluding hydrogens is 278 g/mol. The Kier molecular flexibility index (Phi) is 5.01. The zero-order valence-corrected chi connectivity index (χ0v) is 11.9. The molecule has 0 aliphatic carbocycles. The van der Waals surface area contributed by atoms with Crippen molar-refractivity contribution >= 4 is 11.7 Å². The van der Waals surface area contributed by atoms with Crippen LogP contribution in [0.5, 0.6) is 0 Å². The van der Waals surface area contributed by atoms with Gasteiger partial charge in [0.15, 0.2) is 17.4 Å². The number of nitrogens with one attached hydrogen (secondary N) is 1. The van der Waals surface area contributed by atoms with Gasteiger partial charge in [0.05, 0.1) is 0 Å². The highest BCUT2D eigenvalue weighted by atomic mass is 19.2. The predicted molar refractivity (Wildman–Crippen MR) is 74.0 cm³/mol. The molecule has 21 heavy (non-hydrogen) atoms. The Morgan fingerprint density at radius 1 is 1.29 bits per heavy atom. The summed E-state index contributed by atoms with van der Waals surface area (Å²) in [7, 11) is 0. The summed E-state index contributed by atoms with van der Waals surface area (Å²) in [5, 5.41) is 3.18. The Balaban J connectivity index is 1.91. The molecule has 1 aliphatic heterocycles. The van der Waals surface area contributed by atoms with Crippen molar-refractivity contribution in [2.24, 2.45) is 0 Å². The third-order valence-corrected chi connectivity index (χ3v) is 3.63. The number of hydrogen-bond acceptors (Lipinski definition) is 3. The van der Waals surface area contributed by atoms with Crippen molar-refractivity contribution in [3.63, 3.8) is 0 Å². The molecule has 1 aromatic carbocycles. The molecule has 1 heterocycles. The molecule has 2 rings (SSSR count). The van der Waals surface area contributed by atoms with Crippen molar-refractivity contribution < 1.29 is 18.4 Å². The molecule has 1 aromatic rings. The van der Waals surface area contributed by atoms with Gasteiger partial charge in [0, 0.05) is 44.1 Å². The number of benzene rings is 1. The maximum atomic E-state index is 13.1. The number of hydrogen-bond donors (Lipinski definition) is 1. The van der Waals surface area contributed by atoms with Gasteiger partial charge < -0.3 is 10.2 Å². The quantitative estimate of drug-likeness (QED) is 0.861. The molecule has 1 aliphatic rings. The van der Waals surface area contributed by atoms with E-state index in [4.69, 9.17) is 0 Å². The maximum absolute atomic E-state index is 13.1. The lowest BCUT2D eigenvalue weighted by molar-refractivity contribution is -0.133. The monoisotopic (exact) mass is 296 g/mol. The van der Waals surface area contributed by atoms with E-state index < -0.39 is 11.6 Å². The Bertz CT molecular complexity index is 548. The third-order valence-electron chi connectivity index (χ3n) is 3.63. The zero-order valence-electron chi connectivity index (χ0n) is 11.9. The van der Waals surface area contributed by atoms with Gasteiger partial charge in [-0.3, -0.25) is 9.59 Å². The number of halogens is 2. The predicted octanol–water partition coefficient (Wildman–Crippen LogP) is 1.75. The van der Waals surface area contributed by atoms with E-state index in [1.54, 1.807) is 4.90 Å². The van der Waals surface area contributed by atoms with E-state index in [1.165, 1.54) is 6.07 Å². The number of amides is 1. The topological polar surface area (TPSA) is 49.4 Å². The van der Waals surface area contributed by atoms with Crippen molar-refractivity contribution in [1.29, 1.82) is 0 Å². The fourth-order valence-electron chi connectivity index (χ4n) is 2.39. The van der Waals surface area contributed by atoms with Crippen LogP contribution in [0.1, 0.15) is 30.1 Å². The minimum Gasteiger partial charge on any atom is -0.337 e. The number of rotatable bonds is 4. The number of ketones is 1. The van der Waals surface area contributed by atoms with Crippen LogP contribution in [0.4, 0.5) is 8.78 Å².